The van der Waals surface area contributed by atoms with E-state index in [0.717, 1.165) is 0 Å². The Morgan fingerprint density at radius 3 is 2.47 bits per heavy atom. The van der Waals surface area contributed by atoms with Crippen molar-refractivity contribution in [2.24, 2.45) is 0 Å². The van der Waals surface area contributed by atoms with E-state index < -0.39 is 0 Å². The quantitative estimate of drug-likeness (QED) is 0.835. The van der Waals surface area contributed by atoms with Gasteiger partial charge in [-0.05, 0) is 24.3 Å². The number of anilines is 2. The van der Waals surface area contributed by atoms with Gasteiger partial charge < -0.3 is 14.7 Å². The van der Waals surface area contributed by atoms with Gasteiger partial charge in [0.1, 0.15) is 17.2 Å². The number of phenolic OH excluding ortho intramolecular Hbond substituents is 1. The van der Waals surface area contributed by atoms with Crippen LogP contribution in [0, 0.1) is 0 Å². The molecule has 0 amide bonds. The molecule has 5 heteroatoms. The number of benzene rings is 2. The van der Waals surface area contributed by atoms with Crippen molar-refractivity contribution in [2.45, 2.75) is 0 Å². The summed E-state index contributed by atoms with van der Waals surface area (Å²) in [5, 5.41) is 11.1. The van der Waals surface area contributed by atoms with E-state index in [-0.39, 0.29) is 5.75 Å². The number of methoxy groups -OCH3 is 1. The van der Waals surface area contributed by atoms with Crippen LogP contribution in [0.15, 0.2) is 48.5 Å². The van der Waals surface area contributed by atoms with Crippen LogP contribution >= 0.6 is 0 Å². The van der Waals surface area contributed by atoms with Gasteiger partial charge in [0.2, 0.25) is 0 Å². The molecule has 0 aliphatic carbocycles. The van der Waals surface area contributed by atoms with Crippen LogP contribution in [0.25, 0.3) is 0 Å². The van der Waals surface area contributed by atoms with Crippen LogP contribution in [0.5, 0.6) is 11.5 Å². The second-order valence-electron chi connectivity index (χ2n) is 3.66. The van der Waals surface area contributed by atoms with Gasteiger partial charge in [0.05, 0.1) is 12.8 Å². The monoisotopic (exact) mass is 258 g/mol. The highest BCUT2D eigenvalue weighted by molar-refractivity contribution is 5.69. The zero-order valence-electron chi connectivity index (χ0n) is 10.2. The van der Waals surface area contributed by atoms with Gasteiger partial charge in [-0.25, -0.2) is 4.79 Å². The fourth-order valence-corrected chi connectivity index (χ4v) is 1.64. The lowest BCUT2D eigenvalue weighted by molar-refractivity contribution is 0.279. The lowest BCUT2D eigenvalue weighted by Gasteiger charge is -2.21. The first-order chi connectivity index (χ1) is 9.26. The molecule has 0 aromatic heterocycles. The molecule has 2 aromatic rings. The Hall–Kier alpha value is -2.69. The molecule has 1 N–H and O–H groups in total. The lowest BCUT2D eigenvalue weighted by Crippen LogP contribution is -2.16. The third-order valence-electron chi connectivity index (χ3n) is 2.52. The molecular formula is C14H12NO4. The smallest absolute Gasteiger partial charge is 0.444 e. The molecule has 1 radical (unpaired) electrons. The van der Waals surface area contributed by atoms with Crippen molar-refractivity contribution in [3.63, 3.8) is 0 Å². The van der Waals surface area contributed by atoms with Crippen molar-refractivity contribution in [2.75, 3.05) is 12.2 Å². The molecular weight excluding hydrogens is 246 g/mol. The molecule has 2 rings (SSSR count). The van der Waals surface area contributed by atoms with Gasteiger partial charge in [-0.3, -0.25) is 0 Å². The van der Waals surface area contributed by atoms with Crippen LogP contribution in [0.3, 0.4) is 0 Å². The Bertz CT molecular complexity index is 557. The van der Waals surface area contributed by atoms with Gasteiger partial charge in [0.15, 0.2) is 0 Å². The van der Waals surface area contributed by atoms with Gasteiger partial charge in [0.25, 0.3) is 0 Å². The SMILES string of the molecule is COc1ccc(N(O[C]=O)c2ccccc2)c(O)c1. The highest BCUT2D eigenvalue weighted by atomic mass is 16.7. The summed E-state index contributed by atoms with van der Waals surface area (Å²) >= 11 is 0. The number of aromatic hydroxyl groups is 1. The average molecular weight is 258 g/mol. The summed E-state index contributed by atoms with van der Waals surface area (Å²) in [6, 6.07) is 13.5. The standard InChI is InChI=1S/C14H12NO4/c1-18-12-7-8-13(14(17)9-12)15(19-10-16)11-5-3-2-4-6-11/h2-9,17H,1H3. The summed E-state index contributed by atoms with van der Waals surface area (Å²) in [7, 11) is 1.50. The largest absolute Gasteiger partial charge is 0.505 e. The fraction of sp³-hybridized carbons (Fsp3) is 0.0714. The number of rotatable bonds is 5. The number of phenols is 1. The number of carbonyl (C=O) groups excluding carboxylic acids is 1. The molecule has 0 spiro atoms. The van der Waals surface area contributed by atoms with Crippen molar-refractivity contribution in [3.05, 3.63) is 48.5 Å². The highest BCUT2D eigenvalue weighted by Crippen LogP contribution is 2.35. The summed E-state index contributed by atoms with van der Waals surface area (Å²) in [4.78, 5) is 15.3. The maximum absolute atomic E-state index is 10.5. The minimum Gasteiger partial charge on any atom is -0.505 e. The molecule has 0 aliphatic heterocycles. The van der Waals surface area contributed by atoms with Crippen LogP contribution in [-0.4, -0.2) is 18.7 Å². The van der Waals surface area contributed by atoms with E-state index in [2.05, 4.69) is 0 Å². The second kappa shape index (κ2) is 5.77. The molecule has 0 heterocycles. The lowest BCUT2D eigenvalue weighted by atomic mass is 10.2. The molecule has 0 aliphatic rings. The Morgan fingerprint density at radius 2 is 1.89 bits per heavy atom. The molecule has 0 unspecified atom stereocenters. The van der Waals surface area contributed by atoms with Crippen molar-refractivity contribution >= 4 is 17.8 Å². The average Bonchev–Trinajstić information content (AvgIpc) is 2.46. The zero-order chi connectivity index (χ0) is 13.7. The second-order valence-corrected chi connectivity index (χ2v) is 3.66. The van der Waals surface area contributed by atoms with Crippen molar-refractivity contribution < 1.29 is 19.5 Å². The third-order valence-corrected chi connectivity index (χ3v) is 2.52. The summed E-state index contributed by atoms with van der Waals surface area (Å²) in [6.07, 6.45) is 0. The van der Waals surface area contributed by atoms with E-state index in [1.807, 2.05) is 6.07 Å². The first-order valence-corrected chi connectivity index (χ1v) is 5.52. The number of para-hydroxylation sites is 1. The normalized spacial score (nSPS) is 9.74. The van der Waals surface area contributed by atoms with E-state index >= 15 is 0 Å². The molecule has 0 fully saturated rings. The van der Waals surface area contributed by atoms with Gasteiger partial charge in [-0.2, -0.15) is 5.06 Å². The molecule has 0 bridgehead atoms. The summed E-state index contributed by atoms with van der Waals surface area (Å²) in [6.45, 7) is 1.35. The van der Waals surface area contributed by atoms with E-state index in [1.54, 1.807) is 36.4 Å². The Labute approximate surface area is 110 Å². The van der Waals surface area contributed by atoms with E-state index in [9.17, 15) is 9.90 Å². The summed E-state index contributed by atoms with van der Waals surface area (Å²) in [5.41, 5.74) is 0.904. The van der Waals surface area contributed by atoms with E-state index in [0.29, 0.717) is 17.1 Å². The van der Waals surface area contributed by atoms with Gasteiger partial charge in [-0.1, -0.05) is 18.2 Å². The maximum Gasteiger partial charge on any atom is 0.444 e. The fourth-order valence-electron chi connectivity index (χ4n) is 1.64. The van der Waals surface area contributed by atoms with Crippen LogP contribution in [0.1, 0.15) is 0 Å². The number of hydrogen-bond acceptors (Lipinski definition) is 5. The summed E-state index contributed by atoms with van der Waals surface area (Å²) in [5.74, 6) is 0.433. The van der Waals surface area contributed by atoms with Crippen LogP contribution in [-0.2, 0) is 9.63 Å². The third kappa shape index (κ3) is 2.77. The van der Waals surface area contributed by atoms with Crippen molar-refractivity contribution in [3.8, 4) is 11.5 Å². The molecule has 0 saturated carbocycles. The van der Waals surface area contributed by atoms with Crippen LogP contribution < -0.4 is 9.80 Å². The highest BCUT2D eigenvalue weighted by Gasteiger charge is 2.15. The molecule has 97 valence electrons. The number of ether oxygens (including phenoxy) is 1. The maximum atomic E-state index is 10.5. The van der Waals surface area contributed by atoms with Gasteiger partial charge in [0, 0.05) is 6.07 Å². The van der Waals surface area contributed by atoms with E-state index in [4.69, 9.17) is 9.57 Å². The molecule has 2 aromatic carbocycles. The van der Waals surface area contributed by atoms with Crippen molar-refractivity contribution in [1.29, 1.82) is 0 Å². The first-order valence-electron chi connectivity index (χ1n) is 5.52. The predicted molar refractivity (Wildman–Crippen MR) is 70.0 cm³/mol. The number of hydrogen-bond donors (Lipinski definition) is 1. The van der Waals surface area contributed by atoms with Crippen LogP contribution in [0.4, 0.5) is 11.4 Å². The predicted octanol–water partition coefficient (Wildman–Crippen LogP) is 2.54. The minimum absolute atomic E-state index is 0.0709. The van der Waals surface area contributed by atoms with Gasteiger partial charge in [-0.15, -0.1) is 0 Å². The minimum atomic E-state index is -0.0709. The Morgan fingerprint density at radius 1 is 1.16 bits per heavy atom. The topological polar surface area (TPSA) is 59.0 Å². The van der Waals surface area contributed by atoms with E-state index in [1.165, 1.54) is 24.7 Å². The molecule has 19 heavy (non-hydrogen) atoms. The molecule has 0 atom stereocenters. The van der Waals surface area contributed by atoms with Crippen molar-refractivity contribution in [1.82, 2.24) is 0 Å². The van der Waals surface area contributed by atoms with Gasteiger partial charge >= 0.3 is 6.47 Å². The molecule has 0 saturated heterocycles. The summed E-state index contributed by atoms with van der Waals surface area (Å²) < 4.78 is 5.00. The Balaban J connectivity index is 2.42. The zero-order valence-corrected chi connectivity index (χ0v) is 10.2. The van der Waals surface area contributed by atoms with Crippen LogP contribution in [0.2, 0.25) is 0 Å². The number of nitrogens with zero attached hydrogens (tertiary/aromatic N) is 1. The first kappa shape index (κ1) is 12.8. The Kier molecular flexibility index (Phi) is 3.87. The molecule has 5 nitrogen and oxygen atoms in total.